The number of aromatic nitrogens is 5. The molecule has 396 valence electrons. The number of rotatable bonds is 14. The normalized spacial score (nSPS) is 21.4. The molecule has 4 aliphatic heterocycles. The van der Waals surface area contributed by atoms with Gasteiger partial charge in [0.1, 0.15) is 23.6 Å². The highest BCUT2D eigenvalue weighted by Crippen LogP contribution is 2.51. The van der Waals surface area contributed by atoms with E-state index in [0.717, 1.165) is 92.6 Å². The van der Waals surface area contributed by atoms with Gasteiger partial charge in [0, 0.05) is 109 Å². The molecule has 4 fully saturated rings. The van der Waals surface area contributed by atoms with Crippen molar-refractivity contribution in [2.75, 3.05) is 71.4 Å². The number of anilines is 1. The smallest absolute Gasteiger partial charge is 0.318 e. The van der Waals surface area contributed by atoms with Crippen molar-refractivity contribution in [3.8, 4) is 35.1 Å². The van der Waals surface area contributed by atoms with E-state index in [-0.39, 0.29) is 54.6 Å². The van der Waals surface area contributed by atoms with Crippen LogP contribution in [-0.2, 0) is 22.6 Å². The summed E-state index contributed by atoms with van der Waals surface area (Å²) >= 11 is 0. The van der Waals surface area contributed by atoms with Gasteiger partial charge in [-0.05, 0) is 113 Å². The van der Waals surface area contributed by atoms with E-state index in [1.165, 1.54) is 10.5 Å². The van der Waals surface area contributed by atoms with Crippen LogP contribution in [0.15, 0.2) is 60.9 Å². The molecular weight excluding hydrogens is 949 g/mol. The number of fused-ring (bicyclic) bond motifs is 3. The molecule has 3 saturated heterocycles. The largest absolute Gasteiger partial charge is 0.507 e. The maximum absolute atomic E-state index is 14.4. The average molecular weight is 1020 g/mol. The van der Waals surface area contributed by atoms with Crippen LogP contribution in [0.4, 0.5) is 10.7 Å². The van der Waals surface area contributed by atoms with Gasteiger partial charge >= 0.3 is 6.03 Å². The fourth-order valence-corrected chi connectivity index (χ4v) is 12.2. The van der Waals surface area contributed by atoms with Gasteiger partial charge in [-0.3, -0.25) is 9.59 Å². The molecular formula is C57H72N12O6. The van der Waals surface area contributed by atoms with Crippen LogP contribution in [0.3, 0.4) is 0 Å². The summed E-state index contributed by atoms with van der Waals surface area (Å²) in [7, 11) is 4.01. The van der Waals surface area contributed by atoms with Crippen molar-refractivity contribution in [1.82, 2.24) is 55.4 Å². The molecule has 10 rings (SSSR count). The van der Waals surface area contributed by atoms with Crippen molar-refractivity contribution in [1.29, 1.82) is 0 Å². The van der Waals surface area contributed by atoms with Crippen LogP contribution in [0.5, 0.6) is 11.5 Å². The predicted octanol–water partition coefficient (Wildman–Crippen LogP) is 5.60. The second-order valence-corrected chi connectivity index (χ2v) is 23.0. The summed E-state index contributed by atoms with van der Waals surface area (Å²) in [6, 6.07) is 13.0. The van der Waals surface area contributed by atoms with Gasteiger partial charge in [0.05, 0.1) is 24.4 Å². The number of piperidine rings is 1. The van der Waals surface area contributed by atoms with Crippen LogP contribution in [0.1, 0.15) is 106 Å². The zero-order chi connectivity index (χ0) is 52.8. The molecule has 1 aliphatic carbocycles. The minimum atomic E-state index is -0.915. The molecule has 1 saturated carbocycles. The van der Waals surface area contributed by atoms with E-state index in [0.29, 0.717) is 60.2 Å². The number of para-hydroxylation sites is 1. The van der Waals surface area contributed by atoms with E-state index >= 15 is 0 Å². The van der Waals surface area contributed by atoms with Crippen LogP contribution < -0.4 is 20.3 Å². The molecule has 4 amide bonds. The Hall–Kier alpha value is -6.81. The number of phenols is 1. The highest BCUT2D eigenvalue weighted by molar-refractivity contribution is 5.93. The van der Waals surface area contributed by atoms with Crippen molar-refractivity contribution in [2.24, 2.45) is 10.8 Å². The first-order valence-corrected chi connectivity index (χ1v) is 26.7. The molecule has 18 heteroatoms. The van der Waals surface area contributed by atoms with Gasteiger partial charge < -0.3 is 55.1 Å². The van der Waals surface area contributed by atoms with Crippen molar-refractivity contribution in [2.45, 2.75) is 115 Å². The molecule has 1 spiro atoms. The van der Waals surface area contributed by atoms with Crippen LogP contribution in [0, 0.1) is 23.2 Å². The number of hydrogen-bond acceptors (Lipinski definition) is 13. The van der Waals surface area contributed by atoms with Gasteiger partial charge in [0.25, 0.3) is 0 Å². The molecule has 18 nitrogen and oxygen atoms in total. The zero-order valence-corrected chi connectivity index (χ0v) is 44.2. The lowest BCUT2D eigenvalue weighted by Gasteiger charge is -2.61. The molecule has 4 atom stereocenters. The highest BCUT2D eigenvalue weighted by Gasteiger charge is 2.56. The summed E-state index contributed by atoms with van der Waals surface area (Å²) in [6.07, 6.45) is 14.7. The maximum Gasteiger partial charge on any atom is 0.318 e. The number of urea groups is 1. The molecule has 0 unspecified atom stereocenters. The number of aliphatic hydroxyl groups is 1. The van der Waals surface area contributed by atoms with Crippen LogP contribution in [-0.4, -0.2) is 164 Å². The third kappa shape index (κ3) is 10.7. The Kier molecular flexibility index (Phi) is 14.5. The zero-order valence-electron chi connectivity index (χ0n) is 44.2. The molecule has 2 aromatic carbocycles. The number of phenolic OH excluding ortho intramolecular Hbond substituents is 1. The summed E-state index contributed by atoms with van der Waals surface area (Å²) in [4.78, 5) is 65.6. The fraction of sp³-hybridized carbons (Fsp3) is 0.526. The first-order chi connectivity index (χ1) is 36.0. The summed E-state index contributed by atoms with van der Waals surface area (Å²) in [6.45, 7) is 13.4. The van der Waals surface area contributed by atoms with Crippen molar-refractivity contribution in [3.63, 3.8) is 0 Å². The quantitative estimate of drug-likeness (QED) is 0.0679. The number of terminal acetylenes is 1. The van der Waals surface area contributed by atoms with Gasteiger partial charge in [0.15, 0.2) is 5.65 Å². The van der Waals surface area contributed by atoms with Gasteiger partial charge in [-0.25, -0.2) is 14.8 Å². The summed E-state index contributed by atoms with van der Waals surface area (Å²) < 4.78 is 6.08. The Morgan fingerprint density at radius 1 is 1.03 bits per heavy atom. The lowest BCUT2D eigenvalue weighted by atomic mass is 9.60. The number of β-amino-alcohol motifs (C(OH)–C–C–N with tert-alkyl or cyclic N) is 1. The molecule has 0 radical (unpaired) electrons. The van der Waals surface area contributed by atoms with Crippen molar-refractivity contribution < 1.29 is 29.3 Å². The second kappa shape index (κ2) is 21.1. The third-order valence-corrected chi connectivity index (χ3v) is 16.4. The molecule has 5 N–H and O–H groups in total. The van der Waals surface area contributed by atoms with Crippen LogP contribution in [0.2, 0.25) is 0 Å². The minimum Gasteiger partial charge on any atom is -0.507 e. The topological polar surface area (TPSA) is 209 Å². The van der Waals surface area contributed by atoms with Crippen molar-refractivity contribution >= 4 is 34.8 Å². The minimum absolute atomic E-state index is 0.00357. The fourth-order valence-electron chi connectivity index (χ4n) is 12.2. The number of nitrogens with one attached hydrogen (secondary N) is 3. The molecule has 5 aliphatic rings. The van der Waals surface area contributed by atoms with Gasteiger partial charge in [-0.2, -0.15) is 0 Å². The first-order valence-electron chi connectivity index (χ1n) is 26.7. The Balaban J connectivity index is 0.688. The third-order valence-electron chi connectivity index (χ3n) is 16.4. The number of carbonyl (C=O) groups excluding carboxylic acids is 3. The van der Waals surface area contributed by atoms with E-state index < -0.39 is 23.6 Å². The standard InChI is InChI=1S/C57H72N12O6/c1-8-36-14-15-38(48(24-36)75-23-11-19-65(6)7)29-58-52(72)46-25-41(70)32-69(46)53(73)50(56(3,4)5)62-55(74)67-33-57(34-67)27-40(28-57)66-20-16-37(17-21-66)39-30-59-54(60-31-39)68-22-18-44-49(35(68)2)43-26-45(63-64-51(43)61-44)42-12-9-10-13-47(42)71/h1,9-10,12-15,24,26,30-31,35,37,40-41,46,50,70-71H,11,16-23,25,27-29,32-34H2,2-7H3,(H,58,72)(H,61,64)(H,62,74)/t35-,41-,46+,50-/m1/s1. The number of likely N-dealkylation sites (tertiary alicyclic amines) is 3. The number of H-pyrrole nitrogens is 1. The van der Waals surface area contributed by atoms with E-state index in [1.807, 2.05) is 71.5 Å². The van der Waals surface area contributed by atoms with Gasteiger partial charge in [-0.1, -0.05) is 44.9 Å². The molecule has 5 aromatic rings. The number of aliphatic hydroxyl groups excluding tert-OH is 1. The monoisotopic (exact) mass is 1020 g/mol. The van der Waals surface area contributed by atoms with Gasteiger partial charge in [-0.15, -0.1) is 16.6 Å². The highest BCUT2D eigenvalue weighted by atomic mass is 16.5. The lowest BCUT2D eigenvalue weighted by Crippen LogP contribution is -2.70. The molecule has 75 heavy (non-hydrogen) atoms. The Morgan fingerprint density at radius 3 is 2.48 bits per heavy atom. The lowest BCUT2D eigenvalue weighted by molar-refractivity contribution is -0.142. The van der Waals surface area contributed by atoms with E-state index in [4.69, 9.17) is 21.1 Å². The van der Waals surface area contributed by atoms with E-state index in [1.54, 1.807) is 29.2 Å². The summed E-state index contributed by atoms with van der Waals surface area (Å²) in [5, 5.41) is 37.2. The number of aromatic amines is 1. The van der Waals surface area contributed by atoms with Gasteiger partial charge in [0.2, 0.25) is 17.8 Å². The number of ether oxygens (including phenoxy) is 1. The average Bonchev–Trinajstić information content (AvgIpc) is 3.97. The van der Waals surface area contributed by atoms with E-state index in [2.05, 4.69) is 53.4 Å². The number of amides is 4. The second-order valence-electron chi connectivity index (χ2n) is 23.0. The molecule has 7 heterocycles. The van der Waals surface area contributed by atoms with Crippen LogP contribution in [0.25, 0.3) is 22.3 Å². The number of nitrogens with zero attached hydrogens (tertiary/aromatic N) is 9. The number of carbonyl (C=O) groups is 3. The SMILES string of the molecule is C#Cc1ccc(CNC(=O)[C@@H]2C[C@@H](O)CN2C(=O)[C@@H](NC(=O)N2CC3(CC(N4CCC(c5cnc(N6CCc7[nH]c8nnc(-c9ccccc9O)cc8c7[C@H]6C)nc5)CC4)C3)C2)C(C)(C)C)c(OCCCN(C)C)c1. The Bertz CT molecular complexity index is 2940. The molecule has 0 bridgehead atoms. The number of aromatic hydroxyl groups is 1. The van der Waals surface area contributed by atoms with Crippen LogP contribution >= 0.6 is 0 Å². The van der Waals surface area contributed by atoms with Crippen molar-refractivity contribution in [3.05, 3.63) is 88.9 Å². The number of benzene rings is 2. The summed E-state index contributed by atoms with van der Waals surface area (Å²) in [5.41, 5.74) is 6.31. The molecule has 3 aromatic heterocycles. The summed E-state index contributed by atoms with van der Waals surface area (Å²) in [5.74, 6) is 3.73. The Labute approximate surface area is 439 Å². The predicted molar refractivity (Wildman–Crippen MR) is 286 cm³/mol. The number of hydrogen-bond donors (Lipinski definition) is 5. The van der Waals surface area contributed by atoms with E-state index in [9.17, 15) is 24.6 Å². The first kappa shape index (κ1) is 51.7. The maximum atomic E-state index is 14.4. The Morgan fingerprint density at radius 2 is 1.77 bits per heavy atom.